The number of nitrogens with one attached hydrogen (secondary N) is 1. The van der Waals surface area contributed by atoms with Crippen LogP contribution in [0.3, 0.4) is 0 Å². The number of rotatable bonds is 2. The van der Waals surface area contributed by atoms with E-state index in [1.165, 1.54) is 34.9 Å². The molecule has 76 valence electrons. The van der Waals surface area contributed by atoms with Gasteiger partial charge in [-0.2, -0.15) is 0 Å². The molecule has 0 aromatic heterocycles. The molecule has 0 aliphatic heterocycles. The maximum Gasteiger partial charge on any atom is 0.0210 e. The highest BCUT2D eigenvalue weighted by Crippen LogP contribution is 2.27. The van der Waals surface area contributed by atoms with Gasteiger partial charge in [0, 0.05) is 10.5 Å². The molecule has 1 N–H and O–H groups in total. The fourth-order valence-electron chi connectivity index (χ4n) is 2.22. The maximum atomic E-state index is 3.62. The predicted molar refractivity (Wildman–Crippen MR) is 63.6 cm³/mol. The van der Waals surface area contributed by atoms with Crippen molar-refractivity contribution in [1.29, 1.82) is 0 Å². The first kappa shape index (κ1) is 10.2. The van der Waals surface area contributed by atoms with Crippen LogP contribution in [0.5, 0.6) is 0 Å². The average molecular weight is 254 g/mol. The van der Waals surface area contributed by atoms with Gasteiger partial charge in [-0.1, -0.05) is 35.0 Å². The SMILES string of the molecule is CCNC1CCc2c(Br)cccc2C1. The molecule has 0 heterocycles. The van der Waals surface area contributed by atoms with Gasteiger partial charge in [-0.15, -0.1) is 0 Å². The molecule has 14 heavy (non-hydrogen) atoms. The first-order chi connectivity index (χ1) is 6.81. The zero-order valence-corrected chi connectivity index (χ0v) is 10.1. The van der Waals surface area contributed by atoms with E-state index in [9.17, 15) is 0 Å². The van der Waals surface area contributed by atoms with Gasteiger partial charge in [0.15, 0.2) is 0 Å². The van der Waals surface area contributed by atoms with Crippen LogP contribution in [0.25, 0.3) is 0 Å². The van der Waals surface area contributed by atoms with Crippen molar-refractivity contribution in [3.8, 4) is 0 Å². The highest BCUT2D eigenvalue weighted by molar-refractivity contribution is 9.10. The van der Waals surface area contributed by atoms with Gasteiger partial charge in [-0.05, 0) is 43.0 Å². The number of benzene rings is 1. The van der Waals surface area contributed by atoms with Crippen molar-refractivity contribution < 1.29 is 0 Å². The summed E-state index contributed by atoms with van der Waals surface area (Å²) in [4.78, 5) is 0. The van der Waals surface area contributed by atoms with E-state index in [1.807, 2.05) is 0 Å². The summed E-state index contributed by atoms with van der Waals surface area (Å²) in [5.41, 5.74) is 3.03. The van der Waals surface area contributed by atoms with Gasteiger partial charge < -0.3 is 5.32 Å². The molecule has 1 unspecified atom stereocenters. The molecule has 0 spiro atoms. The Balaban J connectivity index is 2.18. The molecular weight excluding hydrogens is 238 g/mol. The minimum atomic E-state index is 0.682. The first-order valence-electron chi connectivity index (χ1n) is 5.31. The second kappa shape index (κ2) is 4.45. The summed E-state index contributed by atoms with van der Waals surface area (Å²) in [6.45, 7) is 3.25. The summed E-state index contributed by atoms with van der Waals surface area (Å²) >= 11 is 3.62. The van der Waals surface area contributed by atoms with Crippen LogP contribution in [0, 0.1) is 0 Å². The third kappa shape index (κ3) is 2.01. The van der Waals surface area contributed by atoms with E-state index in [0.29, 0.717) is 6.04 Å². The van der Waals surface area contributed by atoms with E-state index in [0.717, 1.165) is 6.54 Å². The Bertz CT molecular complexity index is 322. The van der Waals surface area contributed by atoms with Crippen LogP contribution in [-0.4, -0.2) is 12.6 Å². The topological polar surface area (TPSA) is 12.0 Å². The fraction of sp³-hybridized carbons (Fsp3) is 0.500. The van der Waals surface area contributed by atoms with Crippen LogP contribution in [-0.2, 0) is 12.8 Å². The van der Waals surface area contributed by atoms with Crippen molar-refractivity contribution in [3.05, 3.63) is 33.8 Å². The Morgan fingerprint density at radius 2 is 2.36 bits per heavy atom. The number of likely N-dealkylation sites (N-methyl/N-ethyl adjacent to an activating group) is 1. The quantitative estimate of drug-likeness (QED) is 0.855. The Kier molecular flexibility index (Phi) is 3.24. The summed E-state index contributed by atoms with van der Waals surface area (Å²) in [5, 5.41) is 3.53. The summed E-state index contributed by atoms with van der Waals surface area (Å²) in [6.07, 6.45) is 3.65. The summed E-state index contributed by atoms with van der Waals surface area (Å²) < 4.78 is 1.28. The molecule has 2 rings (SSSR count). The lowest BCUT2D eigenvalue weighted by Gasteiger charge is -2.25. The lowest BCUT2D eigenvalue weighted by molar-refractivity contribution is 0.470. The number of hydrogen-bond acceptors (Lipinski definition) is 1. The molecule has 2 heteroatoms. The van der Waals surface area contributed by atoms with Gasteiger partial charge in [-0.3, -0.25) is 0 Å². The van der Waals surface area contributed by atoms with Crippen molar-refractivity contribution in [2.75, 3.05) is 6.54 Å². The van der Waals surface area contributed by atoms with E-state index in [2.05, 4.69) is 46.4 Å². The minimum absolute atomic E-state index is 0.682. The van der Waals surface area contributed by atoms with E-state index in [1.54, 1.807) is 0 Å². The van der Waals surface area contributed by atoms with Crippen LogP contribution < -0.4 is 5.32 Å². The second-order valence-electron chi connectivity index (χ2n) is 3.87. The van der Waals surface area contributed by atoms with Gasteiger partial charge in [0.25, 0.3) is 0 Å². The molecule has 1 aliphatic rings. The van der Waals surface area contributed by atoms with E-state index in [4.69, 9.17) is 0 Å². The van der Waals surface area contributed by atoms with Gasteiger partial charge in [0.2, 0.25) is 0 Å². The highest BCUT2D eigenvalue weighted by Gasteiger charge is 2.18. The number of fused-ring (bicyclic) bond motifs is 1. The molecule has 0 radical (unpaired) electrons. The van der Waals surface area contributed by atoms with Crippen molar-refractivity contribution in [3.63, 3.8) is 0 Å². The maximum absolute atomic E-state index is 3.62. The van der Waals surface area contributed by atoms with Crippen LogP contribution in [0.15, 0.2) is 22.7 Å². The van der Waals surface area contributed by atoms with Crippen LogP contribution in [0.1, 0.15) is 24.5 Å². The number of hydrogen-bond donors (Lipinski definition) is 1. The minimum Gasteiger partial charge on any atom is -0.314 e. The molecular formula is C12H16BrN. The molecule has 0 bridgehead atoms. The fourth-order valence-corrected chi connectivity index (χ4v) is 2.83. The molecule has 0 amide bonds. The summed E-state index contributed by atoms with van der Waals surface area (Å²) in [5.74, 6) is 0. The molecule has 1 aliphatic carbocycles. The van der Waals surface area contributed by atoms with Crippen molar-refractivity contribution in [2.45, 2.75) is 32.2 Å². The average Bonchev–Trinajstić information content (AvgIpc) is 2.18. The standard InChI is InChI=1S/C12H16BrN/c1-2-14-10-6-7-11-9(8-10)4-3-5-12(11)13/h3-5,10,14H,2,6-8H2,1H3. The normalized spacial score (nSPS) is 20.6. The Morgan fingerprint density at radius 1 is 1.50 bits per heavy atom. The molecule has 1 aromatic rings. The first-order valence-corrected chi connectivity index (χ1v) is 6.10. The van der Waals surface area contributed by atoms with E-state index < -0.39 is 0 Å². The molecule has 0 saturated carbocycles. The molecule has 0 fully saturated rings. The highest BCUT2D eigenvalue weighted by atomic mass is 79.9. The monoisotopic (exact) mass is 253 g/mol. The second-order valence-corrected chi connectivity index (χ2v) is 4.73. The van der Waals surface area contributed by atoms with Gasteiger partial charge >= 0.3 is 0 Å². The molecule has 1 nitrogen and oxygen atoms in total. The van der Waals surface area contributed by atoms with Gasteiger partial charge in [-0.25, -0.2) is 0 Å². The van der Waals surface area contributed by atoms with E-state index in [-0.39, 0.29) is 0 Å². The van der Waals surface area contributed by atoms with Gasteiger partial charge in [0.05, 0.1) is 0 Å². The Morgan fingerprint density at radius 3 is 3.14 bits per heavy atom. The molecule has 1 aromatic carbocycles. The Hall–Kier alpha value is -0.340. The van der Waals surface area contributed by atoms with Crippen molar-refractivity contribution >= 4 is 15.9 Å². The van der Waals surface area contributed by atoms with Crippen LogP contribution >= 0.6 is 15.9 Å². The summed E-state index contributed by atoms with van der Waals surface area (Å²) in [6, 6.07) is 7.22. The molecule has 1 atom stereocenters. The number of halogens is 1. The molecule has 0 saturated heterocycles. The largest absolute Gasteiger partial charge is 0.314 e. The lowest BCUT2D eigenvalue weighted by Crippen LogP contribution is -2.34. The Labute approximate surface area is 94.0 Å². The van der Waals surface area contributed by atoms with Crippen molar-refractivity contribution in [1.82, 2.24) is 5.32 Å². The van der Waals surface area contributed by atoms with Gasteiger partial charge in [0.1, 0.15) is 0 Å². The van der Waals surface area contributed by atoms with Crippen LogP contribution in [0.2, 0.25) is 0 Å². The lowest BCUT2D eigenvalue weighted by atomic mass is 9.88. The van der Waals surface area contributed by atoms with Crippen molar-refractivity contribution in [2.24, 2.45) is 0 Å². The van der Waals surface area contributed by atoms with E-state index >= 15 is 0 Å². The third-order valence-electron chi connectivity index (χ3n) is 2.92. The predicted octanol–water partition coefficient (Wildman–Crippen LogP) is 2.92. The smallest absolute Gasteiger partial charge is 0.0210 e. The zero-order chi connectivity index (χ0) is 9.97. The van der Waals surface area contributed by atoms with Crippen LogP contribution in [0.4, 0.5) is 0 Å². The zero-order valence-electron chi connectivity index (χ0n) is 8.52. The summed E-state index contributed by atoms with van der Waals surface area (Å²) in [7, 11) is 0. The third-order valence-corrected chi connectivity index (χ3v) is 3.66.